The first-order valence-corrected chi connectivity index (χ1v) is 7.69. The molecule has 2 N–H and O–H groups in total. The lowest BCUT2D eigenvalue weighted by Gasteiger charge is -2.11. The number of hydrogen-bond acceptors (Lipinski definition) is 6. The summed E-state index contributed by atoms with van der Waals surface area (Å²) in [6.07, 6.45) is -0.454. The molecule has 0 saturated heterocycles. The first-order chi connectivity index (χ1) is 10.3. The van der Waals surface area contributed by atoms with Gasteiger partial charge in [0.15, 0.2) is 0 Å². The van der Waals surface area contributed by atoms with Crippen molar-refractivity contribution < 1.29 is 31.4 Å². The van der Waals surface area contributed by atoms with E-state index < -0.39 is 39.1 Å². The second kappa shape index (κ2) is 7.78. The van der Waals surface area contributed by atoms with Gasteiger partial charge in [0.25, 0.3) is 10.0 Å². The zero-order valence-electron chi connectivity index (χ0n) is 12.0. The molecular weight excluding hydrogens is 322 g/mol. The van der Waals surface area contributed by atoms with Gasteiger partial charge in [-0.1, -0.05) is 10.5 Å². The highest BCUT2D eigenvalue weighted by atomic mass is 32.2. The summed E-state index contributed by atoms with van der Waals surface area (Å²) in [5, 5.41) is 0. The number of sulfonamides is 1. The average molecular weight is 338 g/mol. The van der Waals surface area contributed by atoms with Gasteiger partial charge in [-0.3, -0.25) is 0 Å². The highest BCUT2D eigenvalue weighted by molar-refractivity contribution is 7.90. The van der Waals surface area contributed by atoms with Crippen LogP contribution in [0.2, 0.25) is 0 Å². The number of halogens is 2. The number of para-hydroxylation sites is 1. The number of benzene rings is 1. The van der Waals surface area contributed by atoms with E-state index in [1.54, 1.807) is 13.8 Å². The normalized spacial score (nSPS) is 11.1. The quantitative estimate of drug-likeness (QED) is 0.484. The highest BCUT2D eigenvalue weighted by Crippen LogP contribution is 2.31. The molecule has 0 spiro atoms. The zero-order chi connectivity index (χ0) is 16.8. The lowest BCUT2D eigenvalue weighted by molar-refractivity contribution is -0.0494. The molecule has 124 valence electrons. The van der Waals surface area contributed by atoms with Crippen molar-refractivity contribution in [2.24, 2.45) is 4.40 Å². The molecule has 0 amide bonds. The van der Waals surface area contributed by atoms with Crippen molar-refractivity contribution >= 4 is 21.8 Å². The number of nitrogens with zero attached hydrogens (tertiary/aromatic N) is 1. The Morgan fingerprint density at radius 3 is 2.36 bits per heavy atom. The summed E-state index contributed by atoms with van der Waals surface area (Å²) in [5.74, 6) is -0.458. The molecule has 1 aromatic carbocycles. The molecule has 0 fully saturated rings. The molecule has 0 saturated carbocycles. The van der Waals surface area contributed by atoms with Crippen molar-refractivity contribution in [2.75, 3.05) is 18.9 Å². The van der Waals surface area contributed by atoms with Crippen molar-refractivity contribution in [2.45, 2.75) is 25.4 Å². The van der Waals surface area contributed by atoms with Crippen LogP contribution in [0.25, 0.3) is 0 Å². The fraction of sp³-hybridized carbons (Fsp3) is 0.417. The number of ether oxygens (including phenoxy) is 3. The summed E-state index contributed by atoms with van der Waals surface area (Å²) in [4.78, 5) is -0.484. The van der Waals surface area contributed by atoms with Crippen LogP contribution >= 0.6 is 0 Å². The Morgan fingerprint density at radius 2 is 1.86 bits per heavy atom. The van der Waals surface area contributed by atoms with E-state index in [2.05, 4.69) is 9.13 Å². The second-order valence-electron chi connectivity index (χ2n) is 3.74. The smallest absolute Gasteiger partial charge is 0.399 e. The predicted octanol–water partition coefficient (Wildman–Crippen LogP) is 1.99. The third-order valence-electron chi connectivity index (χ3n) is 2.25. The second-order valence-corrected chi connectivity index (χ2v) is 5.32. The van der Waals surface area contributed by atoms with Crippen molar-refractivity contribution in [1.29, 1.82) is 0 Å². The summed E-state index contributed by atoms with van der Waals surface area (Å²) < 4.78 is 66.2. The zero-order valence-corrected chi connectivity index (χ0v) is 12.8. The minimum atomic E-state index is -4.30. The first kappa shape index (κ1) is 18.0. The topological polar surface area (TPSA) is 100 Å². The third kappa shape index (κ3) is 4.72. The first-order valence-electron chi connectivity index (χ1n) is 6.25. The summed E-state index contributed by atoms with van der Waals surface area (Å²) in [6, 6.07) is 3.44. The molecule has 0 aliphatic heterocycles. The van der Waals surface area contributed by atoms with Crippen LogP contribution in [-0.2, 0) is 19.5 Å². The van der Waals surface area contributed by atoms with Crippen LogP contribution in [0, 0.1) is 0 Å². The number of hydrogen-bond donors (Lipinski definition) is 1. The molecule has 0 bridgehead atoms. The minimum absolute atomic E-state index is 0.137. The van der Waals surface area contributed by atoms with Crippen molar-refractivity contribution in [3.05, 3.63) is 18.2 Å². The molecule has 7 nitrogen and oxygen atoms in total. The average Bonchev–Trinajstić information content (AvgIpc) is 2.40. The van der Waals surface area contributed by atoms with Crippen LogP contribution in [0.5, 0.6) is 5.75 Å². The van der Waals surface area contributed by atoms with E-state index in [1.807, 2.05) is 0 Å². The highest BCUT2D eigenvalue weighted by Gasteiger charge is 2.22. The van der Waals surface area contributed by atoms with E-state index >= 15 is 0 Å². The van der Waals surface area contributed by atoms with Gasteiger partial charge < -0.3 is 19.9 Å². The number of anilines is 1. The van der Waals surface area contributed by atoms with Gasteiger partial charge in [0, 0.05) is 0 Å². The van der Waals surface area contributed by atoms with Crippen LogP contribution in [0.1, 0.15) is 13.8 Å². The van der Waals surface area contributed by atoms with Gasteiger partial charge in [0.1, 0.15) is 10.6 Å². The molecule has 22 heavy (non-hydrogen) atoms. The third-order valence-corrected chi connectivity index (χ3v) is 3.55. The maximum Gasteiger partial charge on any atom is 0.399 e. The molecule has 0 heterocycles. The molecule has 0 atom stereocenters. The number of rotatable bonds is 6. The van der Waals surface area contributed by atoms with E-state index in [4.69, 9.17) is 15.2 Å². The molecule has 0 unspecified atom stereocenters. The Bertz CT molecular complexity index is 626. The molecule has 0 aromatic heterocycles. The van der Waals surface area contributed by atoms with Crippen LogP contribution in [0.15, 0.2) is 27.5 Å². The van der Waals surface area contributed by atoms with E-state index in [1.165, 1.54) is 6.07 Å². The number of nitrogens with two attached hydrogens (primary N) is 1. The molecular formula is C12H16F2N2O5S. The Morgan fingerprint density at radius 1 is 1.27 bits per heavy atom. The Balaban J connectivity index is 3.25. The monoisotopic (exact) mass is 338 g/mol. The molecule has 1 rings (SSSR count). The summed E-state index contributed by atoms with van der Waals surface area (Å²) in [5.41, 5.74) is 5.08. The van der Waals surface area contributed by atoms with Crippen LogP contribution in [0.3, 0.4) is 0 Å². The van der Waals surface area contributed by atoms with Gasteiger partial charge in [-0.15, -0.1) is 0 Å². The lowest BCUT2D eigenvalue weighted by Crippen LogP contribution is -2.14. The van der Waals surface area contributed by atoms with Crippen LogP contribution in [0.4, 0.5) is 14.5 Å². The molecule has 0 radical (unpaired) electrons. The summed E-state index contributed by atoms with van der Waals surface area (Å²) in [6.45, 7) is 0.377. The van der Waals surface area contributed by atoms with Crippen molar-refractivity contribution in [3.63, 3.8) is 0 Å². The molecule has 0 aliphatic carbocycles. The van der Waals surface area contributed by atoms with Gasteiger partial charge in [-0.05, 0) is 26.0 Å². The fourth-order valence-corrected chi connectivity index (χ4v) is 2.47. The molecule has 0 aliphatic rings. The van der Waals surface area contributed by atoms with E-state index in [0.29, 0.717) is 0 Å². The predicted molar refractivity (Wildman–Crippen MR) is 75.4 cm³/mol. The van der Waals surface area contributed by atoms with Gasteiger partial charge in [-0.2, -0.15) is 17.2 Å². The van der Waals surface area contributed by atoms with Gasteiger partial charge in [-0.25, -0.2) is 0 Å². The summed E-state index contributed by atoms with van der Waals surface area (Å²) in [7, 11) is -4.30. The van der Waals surface area contributed by atoms with E-state index in [9.17, 15) is 17.2 Å². The van der Waals surface area contributed by atoms with Crippen molar-refractivity contribution in [1.82, 2.24) is 0 Å². The molecule has 10 heteroatoms. The molecule has 1 aromatic rings. The summed E-state index contributed by atoms with van der Waals surface area (Å²) >= 11 is 0. The number of alkyl halides is 2. The maximum absolute atomic E-state index is 12.2. The number of nitrogen functional groups attached to an aromatic ring is 1. The lowest BCUT2D eigenvalue weighted by atomic mass is 10.3. The largest absolute Gasteiger partial charge is 0.450 e. The van der Waals surface area contributed by atoms with Crippen LogP contribution < -0.4 is 10.5 Å². The van der Waals surface area contributed by atoms with Gasteiger partial charge in [0.05, 0.1) is 18.9 Å². The Hall–Kier alpha value is -2.10. The maximum atomic E-state index is 12.2. The van der Waals surface area contributed by atoms with E-state index in [-0.39, 0.29) is 13.2 Å². The van der Waals surface area contributed by atoms with Crippen molar-refractivity contribution in [3.8, 4) is 5.75 Å². The SMILES string of the molecule is CCOC(=NS(=O)(=O)c1cccc(OC(F)F)c1N)OCC. The minimum Gasteiger partial charge on any atom is -0.450 e. The van der Waals surface area contributed by atoms with E-state index in [0.717, 1.165) is 12.1 Å². The van der Waals surface area contributed by atoms with Crippen LogP contribution in [-0.4, -0.2) is 34.3 Å². The van der Waals surface area contributed by atoms with Gasteiger partial charge in [0.2, 0.25) is 0 Å². The Kier molecular flexibility index (Phi) is 6.35. The standard InChI is InChI=1S/C12H16F2N2O5S/c1-3-19-12(20-4-2)16-22(17,18)9-7-5-6-8(10(9)15)21-11(13)14/h5-7,11H,3-4,15H2,1-2H3. The Labute approximate surface area is 126 Å². The fourth-order valence-electron chi connectivity index (χ4n) is 1.44. The van der Waals surface area contributed by atoms with Gasteiger partial charge >= 0.3 is 12.7 Å².